The molecule has 0 aromatic heterocycles. The molecule has 1 atom stereocenters. The van der Waals surface area contributed by atoms with Gasteiger partial charge in [0, 0.05) is 18.7 Å². The van der Waals surface area contributed by atoms with Gasteiger partial charge in [-0.2, -0.15) is 0 Å². The van der Waals surface area contributed by atoms with Crippen molar-refractivity contribution < 1.29 is 14.0 Å². The van der Waals surface area contributed by atoms with E-state index in [1.165, 1.54) is 25.5 Å². The van der Waals surface area contributed by atoms with Crippen LogP contribution in [-0.4, -0.2) is 55.5 Å². The molecule has 4 rings (SSSR count). The first-order valence-corrected chi connectivity index (χ1v) is 10.9. The Kier molecular flexibility index (Phi) is 6.45. The lowest BCUT2D eigenvalue weighted by Gasteiger charge is -2.35. The van der Waals surface area contributed by atoms with Crippen LogP contribution in [0.1, 0.15) is 50.0 Å². The summed E-state index contributed by atoms with van der Waals surface area (Å²) in [7, 11) is 0. The van der Waals surface area contributed by atoms with Gasteiger partial charge in [0.2, 0.25) is 11.8 Å². The highest BCUT2D eigenvalue weighted by molar-refractivity contribution is 6.01. The van der Waals surface area contributed by atoms with E-state index in [1.807, 2.05) is 12.1 Å². The molecular weight excluding hydrogens is 371 g/mol. The Hall–Kier alpha value is -1.99. The number of nitrogens with one attached hydrogen (secondary N) is 3. The normalized spacial score (nSPS) is 25.1. The summed E-state index contributed by atoms with van der Waals surface area (Å²) in [6.45, 7) is 5.50. The number of carbonyl (C=O) groups is 2. The van der Waals surface area contributed by atoms with Crippen molar-refractivity contribution in [3.05, 3.63) is 29.6 Å². The van der Waals surface area contributed by atoms with E-state index in [0.717, 1.165) is 50.5 Å². The molecular formula is C22H31FN4O2. The van der Waals surface area contributed by atoms with Gasteiger partial charge in [-0.3, -0.25) is 14.9 Å². The number of anilines is 1. The van der Waals surface area contributed by atoms with Crippen LogP contribution in [0.5, 0.6) is 0 Å². The van der Waals surface area contributed by atoms with Crippen molar-refractivity contribution in [2.45, 2.75) is 50.5 Å². The van der Waals surface area contributed by atoms with Gasteiger partial charge in [0.1, 0.15) is 11.9 Å². The summed E-state index contributed by atoms with van der Waals surface area (Å²) in [4.78, 5) is 25.7. The number of hydrogen-bond acceptors (Lipinski definition) is 5. The molecule has 7 heteroatoms. The zero-order valence-corrected chi connectivity index (χ0v) is 16.9. The Morgan fingerprint density at radius 3 is 2.52 bits per heavy atom. The van der Waals surface area contributed by atoms with Crippen molar-refractivity contribution in [3.63, 3.8) is 0 Å². The quantitative estimate of drug-likeness (QED) is 0.659. The summed E-state index contributed by atoms with van der Waals surface area (Å²) < 4.78 is 14.8. The predicted octanol–water partition coefficient (Wildman–Crippen LogP) is 2.22. The maximum atomic E-state index is 14.8. The molecule has 3 heterocycles. The first-order valence-electron chi connectivity index (χ1n) is 10.9. The molecule has 0 spiro atoms. The lowest BCUT2D eigenvalue weighted by Crippen LogP contribution is -2.47. The average Bonchev–Trinajstić information content (AvgIpc) is 2.72. The van der Waals surface area contributed by atoms with Gasteiger partial charge >= 0.3 is 0 Å². The summed E-state index contributed by atoms with van der Waals surface area (Å²) in [5.74, 6) is 0.248. The van der Waals surface area contributed by atoms with Crippen LogP contribution in [0.25, 0.3) is 0 Å². The summed E-state index contributed by atoms with van der Waals surface area (Å²) in [5.41, 5.74) is 1.37. The molecule has 1 unspecified atom stereocenters. The lowest BCUT2D eigenvalue weighted by molar-refractivity contribution is -0.133. The third-order valence-corrected chi connectivity index (χ3v) is 6.58. The average molecular weight is 403 g/mol. The molecule has 1 aromatic carbocycles. The minimum absolute atomic E-state index is 0.209. The predicted molar refractivity (Wildman–Crippen MR) is 110 cm³/mol. The van der Waals surface area contributed by atoms with Gasteiger partial charge in [-0.15, -0.1) is 0 Å². The van der Waals surface area contributed by atoms with Crippen LogP contribution < -0.4 is 16.0 Å². The zero-order valence-electron chi connectivity index (χ0n) is 16.9. The highest BCUT2D eigenvalue weighted by atomic mass is 19.1. The Bertz CT molecular complexity index is 742. The monoisotopic (exact) mass is 402 g/mol. The second kappa shape index (κ2) is 9.22. The molecule has 0 saturated carbocycles. The molecule has 3 aliphatic rings. The second-order valence-corrected chi connectivity index (χ2v) is 8.65. The fourth-order valence-electron chi connectivity index (χ4n) is 4.84. The maximum absolute atomic E-state index is 14.8. The number of hydrogen-bond donors (Lipinski definition) is 3. The van der Waals surface area contributed by atoms with Crippen LogP contribution in [0.2, 0.25) is 0 Å². The molecule has 1 aromatic rings. The van der Waals surface area contributed by atoms with Crippen LogP contribution in [-0.2, 0) is 9.59 Å². The third kappa shape index (κ3) is 5.14. The summed E-state index contributed by atoms with van der Waals surface area (Å²) in [6, 6.07) is 4.71. The minimum atomic E-state index is -0.490. The standard InChI is InChI=1S/C22H31FN4O2/c23-19-13-17(25-20-3-4-21(28)26-22(20)29)1-2-18(19)16-7-11-27(12-8-16)14-15-5-9-24-10-6-15/h1-2,13,15-16,20,24-25H,3-12,14H2,(H,26,28,29). The molecule has 6 nitrogen and oxygen atoms in total. The number of benzene rings is 1. The number of nitrogens with zero attached hydrogens (tertiary/aromatic N) is 1. The molecule has 0 bridgehead atoms. The van der Waals surface area contributed by atoms with E-state index in [2.05, 4.69) is 20.9 Å². The van der Waals surface area contributed by atoms with Crippen LogP contribution >= 0.6 is 0 Å². The highest BCUT2D eigenvalue weighted by Gasteiger charge is 2.28. The molecule has 2 amide bonds. The van der Waals surface area contributed by atoms with Crippen molar-refractivity contribution in [3.8, 4) is 0 Å². The van der Waals surface area contributed by atoms with Gasteiger partial charge in [-0.25, -0.2) is 4.39 Å². The van der Waals surface area contributed by atoms with Gasteiger partial charge in [-0.1, -0.05) is 6.07 Å². The number of halogens is 1. The largest absolute Gasteiger partial charge is 0.374 e. The zero-order chi connectivity index (χ0) is 20.2. The van der Waals surface area contributed by atoms with Crippen LogP contribution in [0.15, 0.2) is 18.2 Å². The Morgan fingerprint density at radius 2 is 1.83 bits per heavy atom. The SMILES string of the molecule is O=C1CCC(Nc2ccc(C3CCN(CC4CCNCC4)CC3)c(F)c2)C(=O)N1. The van der Waals surface area contributed by atoms with Gasteiger partial charge < -0.3 is 15.5 Å². The minimum Gasteiger partial charge on any atom is -0.374 e. The summed E-state index contributed by atoms with van der Waals surface area (Å²) in [5, 5.41) is 8.79. The van der Waals surface area contributed by atoms with E-state index in [-0.39, 0.29) is 23.5 Å². The Morgan fingerprint density at radius 1 is 1.07 bits per heavy atom. The fraction of sp³-hybridized carbons (Fsp3) is 0.636. The number of piperidine rings is 3. The molecule has 0 radical (unpaired) electrons. The molecule has 3 N–H and O–H groups in total. The number of imide groups is 1. The Labute approximate surface area is 171 Å². The topological polar surface area (TPSA) is 73.5 Å². The molecule has 0 aliphatic carbocycles. The van der Waals surface area contributed by atoms with E-state index in [0.29, 0.717) is 18.5 Å². The highest BCUT2D eigenvalue weighted by Crippen LogP contribution is 2.32. The summed E-state index contributed by atoms with van der Waals surface area (Å²) >= 11 is 0. The van der Waals surface area contributed by atoms with Gasteiger partial charge in [0.25, 0.3) is 0 Å². The third-order valence-electron chi connectivity index (χ3n) is 6.58. The van der Waals surface area contributed by atoms with E-state index in [1.54, 1.807) is 0 Å². The molecule has 3 fully saturated rings. The van der Waals surface area contributed by atoms with Crippen molar-refractivity contribution >= 4 is 17.5 Å². The lowest BCUT2D eigenvalue weighted by atomic mass is 9.88. The molecule has 3 aliphatic heterocycles. The Balaban J connectivity index is 1.30. The van der Waals surface area contributed by atoms with E-state index >= 15 is 0 Å². The molecule has 29 heavy (non-hydrogen) atoms. The van der Waals surface area contributed by atoms with Crippen LogP contribution in [0.3, 0.4) is 0 Å². The number of rotatable bonds is 5. The number of amides is 2. The first-order chi connectivity index (χ1) is 14.1. The number of carbonyl (C=O) groups excluding carboxylic acids is 2. The van der Waals surface area contributed by atoms with Gasteiger partial charge in [0.15, 0.2) is 0 Å². The van der Waals surface area contributed by atoms with Gasteiger partial charge in [-0.05, 0) is 87.8 Å². The molecule has 3 saturated heterocycles. The fourth-order valence-corrected chi connectivity index (χ4v) is 4.84. The van der Waals surface area contributed by atoms with Crippen molar-refractivity contribution in [2.75, 3.05) is 38.0 Å². The number of likely N-dealkylation sites (tertiary alicyclic amines) is 1. The smallest absolute Gasteiger partial charge is 0.249 e. The van der Waals surface area contributed by atoms with E-state index in [4.69, 9.17) is 0 Å². The van der Waals surface area contributed by atoms with Crippen molar-refractivity contribution in [2.24, 2.45) is 5.92 Å². The summed E-state index contributed by atoms with van der Waals surface area (Å²) in [6.07, 6.45) is 5.24. The van der Waals surface area contributed by atoms with E-state index < -0.39 is 6.04 Å². The van der Waals surface area contributed by atoms with Crippen molar-refractivity contribution in [1.29, 1.82) is 0 Å². The van der Waals surface area contributed by atoms with Crippen LogP contribution in [0.4, 0.5) is 10.1 Å². The maximum Gasteiger partial charge on any atom is 0.249 e. The second-order valence-electron chi connectivity index (χ2n) is 8.65. The van der Waals surface area contributed by atoms with Crippen molar-refractivity contribution in [1.82, 2.24) is 15.5 Å². The first kappa shape index (κ1) is 20.3. The van der Waals surface area contributed by atoms with E-state index in [9.17, 15) is 14.0 Å². The van der Waals surface area contributed by atoms with Crippen LogP contribution in [0, 0.1) is 11.7 Å². The molecule has 158 valence electrons. The van der Waals surface area contributed by atoms with Gasteiger partial charge in [0.05, 0.1) is 0 Å².